The van der Waals surface area contributed by atoms with Gasteiger partial charge in [-0.3, -0.25) is 14.5 Å². The van der Waals surface area contributed by atoms with Crippen molar-refractivity contribution in [3.8, 4) is 5.75 Å². The van der Waals surface area contributed by atoms with Gasteiger partial charge in [-0.15, -0.1) is 0 Å². The molecule has 0 saturated heterocycles. The van der Waals surface area contributed by atoms with E-state index in [1.165, 1.54) is 30.4 Å². The Hall–Kier alpha value is -2.37. The number of ketones is 1. The number of hydrogen-bond donors (Lipinski definition) is 1. The molecule has 0 radical (unpaired) electrons. The molecule has 0 fully saturated rings. The van der Waals surface area contributed by atoms with Crippen LogP contribution < -0.4 is 10.5 Å². The molecule has 6 heteroatoms. The fourth-order valence-electron chi connectivity index (χ4n) is 1.43. The number of rotatable bonds is 3. The maximum atomic E-state index is 12.1. The van der Waals surface area contributed by atoms with Gasteiger partial charge >= 0.3 is 0 Å². The topological polar surface area (TPSA) is 83.0 Å². The van der Waals surface area contributed by atoms with E-state index in [2.05, 4.69) is 10.1 Å². The second-order valence-corrected chi connectivity index (χ2v) is 3.51. The lowest BCUT2D eigenvalue weighted by Gasteiger charge is -2.02. The molecular formula is C11H12N4O2. The average Bonchev–Trinajstić information content (AvgIpc) is 2.69. The van der Waals surface area contributed by atoms with Crippen molar-refractivity contribution in [2.24, 2.45) is 7.05 Å². The highest BCUT2D eigenvalue weighted by atomic mass is 16.5. The second kappa shape index (κ2) is 4.25. The number of aromatic nitrogens is 3. The van der Waals surface area contributed by atoms with Crippen LogP contribution in [0.5, 0.6) is 5.75 Å². The molecule has 2 rings (SSSR count). The molecule has 0 aromatic carbocycles. The summed E-state index contributed by atoms with van der Waals surface area (Å²) in [5.41, 5.74) is 6.52. The van der Waals surface area contributed by atoms with Crippen LogP contribution in [0.4, 0.5) is 5.82 Å². The maximum Gasteiger partial charge on any atom is 0.200 e. The van der Waals surface area contributed by atoms with Gasteiger partial charge in [-0.1, -0.05) is 0 Å². The number of carbonyl (C=O) groups excluding carboxylic acids is 1. The van der Waals surface area contributed by atoms with Crippen LogP contribution in [0.25, 0.3) is 0 Å². The van der Waals surface area contributed by atoms with Gasteiger partial charge in [0.15, 0.2) is 5.78 Å². The van der Waals surface area contributed by atoms with Crippen LogP contribution in [0, 0.1) is 0 Å². The monoisotopic (exact) mass is 232 g/mol. The number of nitrogens with two attached hydrogens (primary N) is 1. The highest BCUT2D eigenvalue weighted by Crippen LogP contribution is 2.17. The second-order valence-electron chi connectivity index (χ2n) is 3.51. The Morgan fingerprint density at radius 1 is 1.41 bits per heavy atom. The molecule has 2 aromatic heterocycles. The van der Waals surface area contributed by atoms with Gasteiger partial charge in [-0.25, -0.2) is 0 Å². The summed E-state index contributed by atoms with van der Waals surface area (Å²) in [6.07, 6.45) is 4.44. The van der Waals surface area contributed by atoms with Crippen LogP contribution in [0.1, 0.15) is 15.9 Å². The summed E-state index contributed by atoms with van der Waals surface area (Å²) in [6.45, 7) is 0. The SMILES string of the molecule is COc1cncc(C(=O)c2cnn(C)c2N)c1. The van der Waals surface area contributed by atoms with Crippen LogP contribution in [0.2, 0.25) is 0 Å². The fraction of sp³-hybridized carbons (Fsp3) is 0.182. The predicted octanol–water partition coefficient (Wildman–Crippen LogP) is 0.637. The minimum Gasteiger partial charge on any atom is -0.495 e. The van der Waals surface area contributed by atoms with Gasteiger partial charge < -0.3 is 10.5 Å². The molecule has 2 heterocycles. The molecule has 0 unspecified atom stereocenters. The zero-order chi connectivity index (χ0) is 12.4. The molecule has 6 nitrogen and oxygen atoms in total. The lowest BCUT2D eigenvalue weighted by molar-refractivity contribution is 0.103. The number of anilines is 1. The summed E-state index contributed by atoms with van der Waals surface area (Å²) in [4.78, 5) is 16.0. The number of pyridine rings is 1. The van der Waals surface area contributed by atoms with Crippen LogP contribution in [0.3, 0.4) is 0 Å². The van der Waals surface area contributed by atoms with Crippen LogP contribution in [-0.2, 0) is 7.05 Å². The first kappa shape index (κ1) is 11.1. The number of nitrogen functional groups attached to an aromatic ring is 1. The van der Waals surface area contributed by atoms with E-state index in [0.29, 0.717) is 22.7 Å². The summed E-state index contributed by atoms with van der Waals surface area (Å²) in [5.74, 6) is 0.637. The third-order valence-electron chi connectivity index (χ3n) is 2.44. The molecule has 0 amide bonds. The van der Waals surface area contributed by atoms with Crippen molar-refractivity contribution in [2.45, 2.75) is 0 Å². The zero-order valence-corrected chi connectivity index (χ0v) is 9.54. The standard InChI is InChI=1S/C11H12N4O2/c1-15-11(12)9(6-14-15)10(16)7-3-8(17-2)5-13-4-7/h3-6H,12H2,1-2H3. The first-order valence-electron chi connectivity index (χ1n) is 4.94. The summed E-state index contributed by atoms with van der Waals surface area (Å²) in [7, 11) is 3.19. The minimum atomic E-state index is -0.220. The lowest BCUT2D eigenvalue weighted by Crippen LogP contribution is -2.06. The van der Waals surface area contributed by atoms with E-state index in [-0.39, 0.29) is 5.78 Å². The predicted molar refractivity (Wildman–Crippen MR) is 61.8 cm³/mol. The molecule has 0 atom stereocenters. The lowest BCUT2D eigenvalue weighted by atomic mass is 10.1. The molecule has 2 N–H and O–H groups in total. The van der Waals surface area contributed by atoms with Crippen LogP contribution in [0.15, 0.2) is 24.7 Å². The van der Waals surface area contributed by atoms with E-state index in [1.54, 1.807) is 13.1 Å². The van der Waals surface area contributed by atoms with E-state index >= 15 is 0 Å². The molecule has 0 bridgehead atoms. The third kappa shape index (κ3) is 1.96. The van der Waals surface area contributed by atoms with Crippen molar-refractivity contribution >= 4 is 11.6 Å². The van der Waals surface area contributed by atoms with Gasteiger partial charge in [0, 0.05) is 18.8 Å². The first-order valence-corrected chi connectivity index (χ1v) is 4.94. The number of aryl methyl sites for hydroxylation is 1. The van der Waals surface area contributed by atoms with Gasteiger partial charge in [0.25, 0.3) is 0 Å². The Labute approximate surface area is 98.0 Å². The number of methoxy groups -OCH3 is 1. The van der Waals surface area contributed by atoms with Crippen molar-refractivity contribution in [3.05, 3.63) is 35.8 Å². The Morgan fingerprint density at radius 3 is 2.76 bits per heavy atom. The summed E-state index contributed by atoms with van der Waals surface area (Å²) >= 11 is 0. The molecular weight excluding hydrogens is 220 g/mol. The van der Waals surface area contributed by atoms with Gasteiger partial charge in [0.1, 0.15) is 11.6 Å². The molecule has 0 aliphatic carbocycles. The van der Waals surface area contributed by atoms with E-state index in [1.807, 2.05) is 0 Å². The Bertz CT molecular complexity index is 562. The molecule has 2 aromatic rings. The van der Waals surface area contributed by atoms with Crippen molar-refractivity contribution in [1.82, 2.24) is 14.8 Å². The summed E-state index contributed by atoms with van der Waals surface area (Å²) in [6, 6.07) is 1.61. The zero-order valence-electron chi connectivity index (χ0n) is 9.54. The Morgan fingerprint density at radius 2 is 2.18 bits per heavy atom. The van der Waals surface area contributed by atoms with E-state index < -0.39 is 0 Å². The van der Waals surface area contributed by atoms with Gasteiger partial charge in [-0.05, 0) is 6.07 Å². The van der Waals surface area contributed by atoms with Gasteiger partial charge in [0.05, 0.1) is 25.1 Å². The van der Waals surface area contributed by atoms with Crippen LogP contribution >= 0.6 is 0 Å². The highest BCUT2D eigenvalue weighted by molar-refractivity contribution is 6.11. The maximum absolute atomic E-state index is 12.1. The number of carbonyl (C=O) groups is 1. The van der Waals surface area contributed by atoms with E-state index in [9.17, 15) is 4.79 Å². The quantitative estimate of drug-likeness (QED) is 0.785. The number of hydrogen-bond acceptors (Lipinski definition) is 5. The molecule has 0 saturated carbocycles. The van der Waals surface area contributed by atoms with E-state index in [0.717, 1.165) is 0 Å². The molecule has 0 spiro atoms. The highest BCUT2D eigenvalue weighted by Gasteiger charge is 2.16. The van der Waals surface area contributed by atoms with E-state index in [4.69, 9.17) is 10.5 Å². The normalized spacial score (nSPS) is 10.2. The molecule has 0 aliphatic rings. The summed E-state index contributed by atoms with van der Waals surface area (Å²) < 4.78 is 6.45. The fourth-order valence-corrected chi connectivity index (χ4v) is 1.43. The largest absolute Gasteiger partial charge is 0.495 e. The van der Waals surface area contributed by atoms with Crippen molar-refractivity contribution in [1.29, 1.82) is 0 Å². The minimum absolute atomic E-state index is 0.220. The molecule has 17 heavy (non-hydrogen) atoms. The summed E-state index contributed by atoms with van der Waals surface area (Å²) in [5, 5.41) is 3.92. The van der Waals surface area contributed by atoms with Crippen molar-refractivity contribution in [3.63, 3.8) is 0 Å². The van der Waals surface area contributed by atoms with Gasteiger partial charge in [-0.2, -0.15) is 5.10 Å². The smallest absolute Gasteiger partial charge is 0.200 e. The van der Waals surface area contributed by atoms with Crippen molar-refractivity contribution in [2.75, 3.05) is 12.8 Å². The number of nitrogens with zero attached hydrogens (tertiary/aromatic N) is 3. The molecule has 88 valence electrons. The first-order chi connectivity index (χ1) is 8.13. The van der Waals surface area contributed by atoms with Gasteiger partial charge in [0.2, 0.25) is 0 Å². The average molecular weight is 232 g/mol. The third-order valence-corrected chi connectivity index (χ3v) is 2.44. The van der Waals surface area contributed by atoms with Crippen molar-refractivity contribution < 1.29 is 9.53 Å². The molecule has 0 aliphatic heterocycles. The Kier molecular flexibility index (Phi) is 2.78. The van der Waals surface area contributed by atoms with Crippen LogP contribution in [-0.4, -0.2) is 27.7 Å². The Balaban J connectivity index is 2.40. The number of ether oxygens (including phenoxy) is 1.